The molecule has 1 heterocycles. The van der Waals surface area contributed by atoms with Gasteiger partial charge in [0.15, 0.2) is 0 Å². The van der Waals surface area contributed by atoms with Crippen molar-refractivity contribution in [3.63, 3.8) is 0 Å². The molecule has 1 aliphatic heterocycles. The van der Waals surface area contributed by atoms with Gasteiger partial charge in [-0.2, -0.15) is 0 Å². The van der Waals surface area contributed by atoms with Crippen LogP contribution in [0.15, 0.2) is 0 Å². The van der Waals surface area contributed by atoms with Crippen LogP contribution < -0.4 is 10.6 Å². The van der Waals surface area contributed by atoms with Crippen LogP contribution >= 0.6 is 0 Å². The van der Waals surface area contributed by atoms with Gasteiger partial charge in [0.05, 0.1) is 32.0 Å². The lowest BCUT2D eigenvalue weighted by atomic mass is 10.2. The second-order valence-corrected chi connectivity index (χ2v) is 5.11. The molecule has 1 amide bonds. The van der Waals surface area contributed by atoms with Crippen LogP contribution in [-0.4, -0.2) is 62.2 Å². The molecule has 1 aliphatic rings. The highest BCUT2D eigenvalue weighted by atomic mass is 16.5. The van der Waals surface area contributed by atoms with Gasteiger partial charge in [-0.25, -0.2) is 0 Å². The molecule has 1 saturated heterocycles. The quantitative estimate of drug-likeness (QED) is 0.475. The molecule has 0 aliphatic carbocycles. The van der Waals surface area contributed by atoms with Crippen LogP contribution in [0.5, 0.6) is 0 Å². The number of nitrogens with one attached hydrogen (secondary N) is 2. The van der Waals surface area contributed by atoms with Crippen molar-refractivity contribution in [2.45, 2.75) is 44.9 Å². The van der Waals surface area contributed by atoms with Crippen molar-refractivity contribution in [2.75, 3.05) is 32.9 Å². The fraction of sp³-hybridized carbons (Fsp3) is 0.923. The van der Waals surface area contributed by atoms with Gasteiger partial charge < -0.3 is 25.2 Å². The van der Waals surface area contributed by atoms with Crippen molar-refractivity contribution in [2.24, 2.45) is 0 Å². The van der Waals surface area contributed by atoms with E-state index in [1.54, 1.807) is 0 Å². The summed E-state index contributed by atoms with van der Waals surface area (Å²) >= 11 is 0. The molecule has 0 aromatic carbocycles. The summed E-state index contributed by atoms with van der Waals surface area (Å²) in [5.74, 6) is 0.112. The number of ether oxygens (including phenoxy) is 2. The smallest absolute Gasteiger partial charge is 0.220 e. The highest BCUT2D eigenvalue weighted by Gasteiger charge is 2.20. The zero-order valence-electron chi connectivity index (χ0n) is 11.9. The van der Waals surface area contributed by atoms with Crippen LogP contribution in [0.1, 0.15) is 26.7 Å². The molecule has 1 fully saturated rings. The number of amides is 1. The van der Waals surface area contributed by atoms with E-state index in [2.05, 4.69) is 10.6 Å². The highest BCUT2D eigenvalue weighted by Crippen LogP contribution is 2.04. The molecule has 1 rings (SSSR count). The number of hydrogen-bond donors (Lipinski definition) is 3. The minimum absolute atomic E-state index is 0.112. The Bertz CT molecular complexity index is 261. The molecule has 112 valence electrons. The van der Waals surface area contributed by atoms with Crippen molar-refractivity contribution in [3.05, 3.63) is 0 Å². The third-order valence-corrected chi connectivity index (χ3v) is 2.84. The van der Waals surface area contributed by atoms with Crippen molar-refractivity contribution in [1.29, 1.82) is 0 Å². The van der Waals surface area contributed by atoms with Crippen LogP contribution in [0.25, 0.3) is 0 Å². The molecule has 19 heavy (non-hydrogen) atoms. The van der Waals surface area contributed by atoms with Gasteiger partial charge in [0.1, 0.15) is 0 Å². The van der Waals surface area contributed by atoms with E-state index in [0.717, 1.165) is 6.42 Å². The zero-order chi connectivity index (χ0) is 14.1. The Kier molecular flexibility index (Phi) is 7.97. The van der Waals surface area contributed by atoms with E-state index in [1.807, 2.05) is 13.8 Å². The Morgan fingerprint density at radius 3 is 2.89 bits per heavy atom. The van der Waals surface area contributed by atoms with Gasteiger partial charge in [0.25, 0.3) is 0 Å². The molecule has 6 nitrogen and oxygen atoms in total. The summed E-state index contributed by atoms with van der Waals surface area (Å²) in [4.78, 5) is 11.0. The Hall–Kier alpha value is -0.690. The Balaban J connectivity index is 1.90. The Morgan fingerprint density at radius 1 is 1.47 bits per heavy atom. The molecule has 0 spiro atoms. The van der Waals surface area contributed by atoms with Crippen molar-refractivity contribution in [1.82, 2.24) is 10.6 Å². The fourth-order valence-corrected chi connectivity index (χ4v) is 1.88. The normalized spacial score (nSPS) is 20.8. The maximum atomic E-state index is 11.0. The maximum absolute atomic E-state index is 11.0. The molecule has 2 atom stereocenters. The van der Waals surface area contributed by atoms with Gasteiger partial charge in [0.2, 0.25) is 5.91 Å². The molecule has 3 N–H and O–H groups in total. The summed E-state index contributed by atoms with van der Waals surface area (Å²) in [5.41, 5.74) is 0. The predicted molar refractivity (Wildman–Crippen MR) is 71.9 cm³/mol. The molecule has 0 saturated carbocycles. The maximum Gasteiger partial charge on any atom is 0.220 e. The van der Waals surface area contributed by atoms with E-state index < -0.39 is 6.10 Å². The van der Waals surface area contributed by atoms with Crippen LogP contribution in [0.3, 0.4) is 0 Å². The minimum atomic E-state index is -0.531. The lowest BCUT2D eigenvalue weighted by Crippen LogP contribution is -2.39. The van der Waals surface area contributed by atoms with Gasteiger partial charge >= 0.3 is 0 Å². The van der Waals surface area contributed by atoms with E-state index in [-0.39, 0.29) is 18.1 Å². The average Bonchev–Trinajstić information content (AvgIpc) is 2.74. The summed E-state index contributed by atoms with van der Waals surface area (Å²) < 4.78 is 10.6. The summed E-state index contributed by atoms with van der Waals surface area (Å²) in [6.07, 6.45) is 1.15. The molecule has 6 heteroatoms. The van der Waals surface area contributed by atoms with Gasteiger partial charge in [0, 0.05) is 25.6 Å². The number of aliphatic hydroxyl groups excluding tert-OH is 1. The standard InChI is InChI=1S/C13H26N2O4/c1-10(2)19-6-5-18-9-12(16)8-14-7-11-3-4-13(17)15-11/h10-12,14,16H,3-9H2,1-2H3,(H,15,17). The van der Waals surface area contributed by atoms with Gasteiger partial charge in [-0.1, -0.05) is 0 Å². The number of carbonyl (C=O) groups excluding carboxylic acids is 1. The van der Waals surface area contributed by atoms with E-state index in [0.29, 0.717) is 39.3 Å². The van der Waals surface area contributed by atoms with Gasteiger partial charge in [-0.15, -0.1) is 0 Å². The second kappa shape index (κ2) is 9.25. The molecule has 0 radical (unpaired) electrons. The number of carbonyl (C=O) groups is 1. The fourth-order valence-electron chi connectivity index (χ4n) is 1.88. The average molecular weight is 274 g/mol. The van der Waals surface area contributed by atoms with Crippen molar-refractivity contribution < 1.29 is 19.4 Å². The lowest BCUT2D eigenvalue weighted by molar-refractivity contribution is -0.119. The summed E-state index contributed by atoms with van der Waals surface area (Å²) in [6.45, 7) is 6.45. The SMILES string of the molecule is CC(C)OCCOCC(O)CNCC1CCC(=O)N1. The largest absolute Gasteiger partial charge is 0.389 e. The summed E-state index contributed by atoms with van der Waals surface area (Å²) in [5, 5.41) is 15.7. The van der Waals surface area contributed by atoms with Crippen LogP contribution in [-0.2, 0) is 14.3 Å². The Morgan fingerprint density at radius 2 is 2.26 bits per heavy atom. The first-order chi connectivity index (χ1) is 9.08. The third kappa shape index (κ3) is 8.15. The first-order valence-electron chi connectivity index (χ1n) is 6.95. The van der Waals surface area contributed by atoms with Crippen molar-refractivity contribution >= 4 is 5.91 Å². The van der Waals surface area contributed by atoms with Gasteiger partial charge in [-0.3, -0.25) is 4.79 Å². The second-order valence-electron chi connectivity index (χ2n) is 5.11. The van der Waals surface area contributed by atoms with E-state index >= 15 is 0 Å². The van der Waals surface area contributed by atoms with Crippen LogP contribution in [0.4, 0.5) is 0 Å². The highest BCUT2D eigenvalue weighted by molar-refractivity contribution is 5.78. The van der Waals surface area contributed by atoms with Crippen LogP contribution in [0, 0.1) is 0 Å². The van der Waals surface area contributed by atoms with E-state index in [4.69, 9.17) is 9.47 Å². The van der Waals surface area contributed by atoms with Gasteiger partial charge in [-0.05, 0) is 20.3 Å². The first-order valence-corrected chi connectivity index (χ1v) is 6.95. The molecular formula is C13H26N2O4. The monoisotopic (exact) mass is 274 g/mol. The molecule has 0 bridgehead atoms. The predicted octanol–water partition coefficient (Wildman–Crippen LogP) is -0.343. The summed E-state index contributed by atoms with van der Waals surface area (Å²) in [7, 11) is 0. The molecular weight excluding hydrogens is 248 g/mol. The van der Waals surface area contributed by atoms with Crippen LogP contribution in [0.2, 0.25) is 0 Å². The van der Waals surface area contributed by atoms with E-state index in [9.17, 15) is 9.90 Å². The zero-order valence-corrected chi connectivity index (χ0v) is 11.9. The molecule has 2 unspecified atom stereocenters. The Labute approximate surface area is 114 Å². The molecule has 0 aromatic heterocycles. The molecule has 0 aromatic rings. The lowest BCUT2D eigenvalue weighted by Gasteiger charge is -2.15. The van der Waals surface area contributed by atoms with E-state index in [1.165, 1.54) is 0 Å². The number of aliphatic hydroxyl groups is 1. The third-order valence-electron chi connectivity index (χ3n) is 2.84. The van der Waals surface area contributed by atoms with Crippen molar-refractivity contribution in [3.8, 4) is 0 Å². The minimum Gasteiger partial charge on any atom is -0.389 e. The number of hydrogen-bond acceptors (Lipinski definition) is 5. The summed E-state index contributed by atoms with van der Waals surface area (Å²) in [6, 6.07) is 0.195. The topological polar surface area (TPSA) is 79.8 Å². The first kappa shape index (κ1) is 16.4. The number of rotatable bonds is 10.